The molecule has 0 bridgehead atoms. The number of carbonyl (C=O) groups is 1. The summed E-state index contributed by atoms with van der Waals surface area (Å²) in [4.78, 5) is 10.8. The summed E-state index contributed by atoms with van der Waals surface area (Å²) < 4.78 is 10.5. The first-order chi connectivity index (χ1) is 7.89. The van der Waals surface area contributed by atoms with E-state index in [2.05, 4.69) is 0 Å². The van der Waals surface area contributed by atoms with Crippen LogP contribution in [0.4, 0.5) is 0 Å². The molecule has 0 unspecified atom stereocenters. The molecule has 0 saturated carbocycles. The Kier molecular flexibility index (Phi) is 3.59. The molecule has 0 aromatic heterocycles. The second-order valence-electron chi connectivity index (χ2n) is 3.89. The Morgan fingerprint density at radius 2 is 2.06 bits per heavy atom. The van der Waals surface area contributed by atoms with Crippen LogP contribution in [-0.4, -0.2) is 23.8 Å². The normalized spacial score (nSPS) is 10.5. The third kappa shape index (κ3) is 3.11. The van der Waals surface area contributed by atoms with Gasteiger partial charge in [-0.25, -0.2) is 4.79 Å². The molecular formula is C12H13NO4. The van der Waals surface area contributed by atoms with Gasteiger partial charge in [-0.05, 0) is 32.0 Å². The van der Waals surface area contributed by atoms with Gasteiger partial charge in [0.05, 0.1) is 12.7 Å². The van der Waals surface area contributed by atoms with Crippen LogP contribution in [0, 0.1) is 11.3 Å². The summed E-state index contributed by atoms with van der Waals surface area (Å²) in [5, 5.41) is 17.7. The molecule has 0 heterocycles. The Hall–Kier alpha value is -2.22. The second-order valence-corrected chi connectivity index (χ2v) is 3.89. The van der Waals surface area contributed by atoms with Crippen LogP contribution in [0.15, 0.2) is 18.2 Å². The summed E-state index contributed by atoms with van der Waals surface area (Å²) >= 11 is 0. The zero-order chi connectivity index (χ0) is 13.1. The van der Waals surface area contributed by atoms with E-state index < -0.39 is 11.6 Å². The Bertz CT molecular complexity index is 474. The lowest BCUT2D eigenvalue weighted by Gasteiger charge is -2.20. The highest BCUT2D eigenvalue weighted by atomic mass is 16.5. The van der Waals surface area contributed by atoms with E-state index in [-0.39, 0.29) is 11.3 Å². The highest BCUT2D eigenvalue weighted by molar-refractivity contribution is 5.88. The fraction of sp³-hybridized carbons (Fsp3) is 0.333. The van der Waals surface area contributed by atoms with Crippen molar-refractivity contribution in [2.24, 2.45) is 0 Å². The maximum absolute atomic E-state index is 10.8. The van der Waals surface area contributed by atoms with Gasteiger partial charge >= 0.3 is 5.97 Å². The quantitative estimate of drug-likeness (QED) is 0.864. The Labute approximate surface area is 99.2 Å². The van der Waals surface area contributed by atoms with Crippen LogP contribution in [0.5, 0.6) is 11.5 Å². The summed E-state index contributed by atoms with van der Waals surface area (Å²) in [5.41, 5.74) is -0.901. The van der Waals surface area contributed by atoms with Crippen molar-refractivity contribution in [3.8, 4) is 17.6 Å². The van der Waals surface area contributed by atoms with Gasteiger partial charge in [0, 0.05) is 0 Å². The second kappa shape index (κ2) is 4.74. The molecule has 5 heteroatoms. The Morgan fingerprint density at radius 1 is 1.41 bits per heavy atom. The van der Waals surface area contributed by atoms with Gasteiger partial charge in [-0.2, -0.15) is 5.26 Å². The number of benzene rings is 1. The zero-order valence-corrected chi connectivity index (χ0v) is 9.85. The van der Waals surface area contributed by atoms with Crippen molar-refractivity contribution in [2.75, 3.05) is 7.11 Å². The summed E-state index contributed by atoms with van der Waals surface area (Å²) in [7, 11) is 1.41. The monoisotopic (exact) mass is 235 g/mol. The van der Waals surface area contributed by atoms with Crippen molar-refractivity contribution >= 4 is 5.97 Å². The molecule has 5 nitrogen and oxygen atoms in total. The topological polar surface area (TPSA) is 79.6 Å². The molecule has 1 N–H and O–H groups in total. The average molecular weight is 235 g/mol. The molecule has 0 aliphatic rings. The minimum Gasteiger partial charge on any atom is -0.493 e. The van der Waals surface area contributed by atoms with Crippen molar-refractivity contribution in [3.05, 3.63) is 23.8 Å². The molecule has 1 rings (SSSR count). The van der Waals surface area contributed by atoms with Crippen LogP contribution in [0.1, 0.15) is 24.2 Å². The molecule has 0 saturated heterocycles. The number of carboxylic acids is 1. The SMILES string of the molecule is COc1cc(C(=O)O)ccc1OC(C)(C)C#N. The van der Waals surface area contributed by atoms with Gasteiger partial charge in [0.1, 0.15) is 6.07 Å². The number of hydrogen-bond donors (Lipinski definition) is 1. The van der Waals surface area contributed by atoms with E-state index in [4.69, 9.17) is 19.8 Å². The van der Waals surface area contributed by atoms with E-state index in [1.807, 2.05) is 6.07 Å². The molecule has 0 aliphatic carbocycles. The van der Waals surface area contributed by atoms with Crippen LogP contribution in [-0.2, 0) is 0 Å². The summed E-state index contributed by atoms with van der Waals surface area (Å²) in [6.07, 6.45) is 0. The minimum absolute atomic E-state index is 0.101. The molecule has 0 aliphatic heterocycles. The summed E-state index contributed by atoms with van der Waals surface area (Å²) in [6.45, 7) is 3.22. The molecule has 0 radical (unpaired) electrons. The first-order valence-electron chi connectivity index (χ1n) is 4.91. The molecule has 0 fully saturated rings. The fourth-order valence-corrected chi connectivity index (χ4v) is 1.18. The van der Waals surface area contributed by atoms with Crippen LogP contribution in [0.25, 0.3) is 0 Å². The maximum Gasteiger partial charge on any atom is 0.335 e. The molecule has 0 amide bonds. The van der Waals surface area contributed by atoms with E-state index >= 15 is 0 Å². The molecule has 1 aromatic rings. The van der Waals surface area contributed by atoms with Crippen LogP contribution in [0.2, 0.25) is 0 Å². The number of carboxylic acid groups (broad SMARTS) is 1. The number of rotatable bonds is 4. The van der Waals surface area contributed by atoms with E-state index in [0.29, 0.717) is 5.75 Å². The number of nitrogens with zero attached hydrogens (tertiary/aromatic N) is 1. The van der Waals surface area contributed by atoms with Crippen LogP contribution in [0.3, 0.4) is 0 Å². The smallest absolute Gasteiger partial charge is 0.335 e. The largest absolute Gasteiger partial charge is 0.493 e. The fourth-order valence-electron chi connectivity index (χ4n) is 1.18. The van der Waals surface area contributed by atoms with E-state index in [9.17, 15) is 4.79 Å². The average Bonchev–Trinajstić information content (AvgIpc) is 2.29. The maximum atomic E-state index is 10.8. The molecule has 90 valence electrons. The first kappa shape index (κ1) is 12.8. The van der Waals surface area contributed by atoms with E-state index in [1.54, 1.807) is 13.8 Å². The van der Waals surface area contributed by atoms with Crippen molar-refractivity contribution in [1.29, 1.82) is 5.26 Å². The van der Waals surface area contributed by atoms with Crippen molar-refractivity contribution in [2.45, 2.75) is 19.4 Å². The van der Waals surface area contributed by atoms with E-state index in [1.165, 1.54) is 25.3 Å². The third-order valence-electron chi connectivity index (χ3n) is 2.04. The van der Waals surface area contributed by atoms with Gasteiger partial charge in [0.25, 0.3) is 0 Å². The first-order valence-corrected chi connectivity index (χ1v) is 4.91. The third-order valence-corrected chi connectivity index (χ3v) is 2.04. The van der Waals surface area contributed by atoms with Gasteiger partial charge in [-0.3, -0.25) is 0 Å². The Morgan fingerprint density at radius 3 is 2.53 bits per heavy atom. The molecular weight excluding hydrogens is 222 g/mol. The highest BCUT2D eigenvalue weighted by Crippen LogP contribution is 2.30. The molecule has 1 aromatic carbocycles. The zero-order valence-electron chi connectivity index (χ0n) is 9.85. The van der Waals surface area contributed by atoms with Crippen molar-refractivity contribution in [1.82, 2.24) is 0 Å². The minimum atomic E-state index is -1.05. The van der Waals surface area contributed by atoms with Crippen LogP contribution < -0.4 is 9.47 Å². The summed E-state index contributed by atoms with van der Waals surface area (Å²) in [5.74, 6) is -0.424. The lowest BCUT2D eigenvalue weighted by molar-refractivity contribution is 0.0696. The number of nitriles is 1. The lowest BCUT2D eigenvalue weighted by Crippen LogP contribution is -2.25. The number of ether oxygens (including phenoxy) is 2. The number of aromatic carboxylic acids is 1. The van der Waals surface area contributed by atoms with Crippen molar-refractivity contribution in [3.63, 3.8) is 0 Å². The molecule has 17 heavy (non-hydrogen) atoms. The van der Waals surface area contributed by atoms with Gasteiger partial charge in [-0.15, -0.1) is 0 Å². The van der Waals surface area contributed by atoms with Crippen molar-refractivity contribution < 1.29 is 19.4 Å². The predicted molar refractivity (Wildman–Crippen MR) is 60.3 cm³/mol. The Balaban J connectivity index is 3.10. The molecule has 0 spiro atoms. The van der Waals surface area contributed by atoms with Gasteiger partial charge in [-0.1, -0.05) is 0 Å². The molecule has 0 atom stereocenters. The van der Waals surface area contributed by atoms with E-state index in [0.717, 1.165) is 0 Å². The lowest BCUT2D eigenvalue weighted by atomic mass is 10.1. The van der Waals surface area contributed by atoms with Gasteiger partial charge in [0.15, 0.2) is 17.1 Å². The number of hydrogen-bond acceptors (Lipinski definition) is 4. The van der Waals surface area contributed by atoms with Crippen LogP contribution >= 0.6 is 0 Å². The highest BCUT2D eigenvalue weighted by Gasteiger charge is 2.21. The standard InChI is InChI=1S/C12H13NO4/c1-12(2,7-13)17-9-5-4-8(11(14)15)6-10(9)16-3/h4-6H,1-3H3,(H,14,15). The predicted octanol–water partition coefficient (Wildman–Crippen LogP) is 2.07. The van der Waals surface area contributed by atoms with Gasteiger partial charge < -0.3 is 14.6 Å². The summed E-state index contributed by atoms with van der Waals surface area (Å²) in [6, 6.07) is 6.21. The number of methoxy groups -OCH3 is 1. The van der Waals surface area contributed by atoms with Gasteiger partial charge in [0.2, 0.25) is 0 Å².